The van der Waals surface area contributed by atoms with Gasteiger partial charge in [0.2, 0.25) is 11.7 Å². The topological polar surface area (TPSA) is 64.9 Å². The predicted molar refractivity (Wildman–Crippen MR) is 71.8 cm³/mol. The summed E-state index contributed by atoms with van der Waals surface area (Å²) in [6.45, 7) is 0. The number of hydrogen-bond donors (Lipinski definition) is 1. The number of aromatic nitrogens is 2. The molecule has 1 aromatic heterocycles. The Balaban J connectivity index is 1.76. The van der Waals surface area contributed by atoms with Crippen molar-refractivity contribution >= 4 is 15.9 Å². The first-order valence-corrected chi connectivity index (χ1v) is 6.86. The number of nitrogens with two attached hydrogens (primary N) is 1. The van der Waals surface area contributed by atoms with E-state index in [0.717, 1.165) is 10.0 Å². The highest BCUT2D eigenvalue weighted by Gasteiger charge is 2.29. The first kappa shape index (κ1) is 11.9. The van der Waals surface area contributed by atoms with Crippen molar-refractivity contribution in [3.05, 3.63) is 34.6 Å². The van der Waals surface area contributed by atoms with Crippen LogP contribution in [0.15, 0.2) is 33.3 Å². The molecule has 2 N–H and O–H groups in total. The van der Waals surface area contributed by atoms with Crippen molar-refractivity contribution in [3.63, 3.8) is 0 Å². The summed E-state index contributed by atoms with van der Waals surface area (Å²) in [7, 11) is 0. The van der Waals surface area contributed by atoms with Gasteiger partial charge in [-0.2, -0.15) is 4.98 Å². The predicted octanol–water partition coefficient (Wildman–Crippen LogP) is 2.78. The fraction of sp³-hybridized carbons (Fsp3) is 0.385. The number of nitrogens with zero attached hydrogens (tertiary/aromatic N) is 2. The largest absolute Gasteiger partial charge is 0.339 e. The van der Waals surface area contributed by atoms with Crippen LogP contribution in [0.4, 0.5) is 0 Å². The first-order chi connectivity index (χ1) is 8.72. The van der Waals surface area contributed by atoms with Crippen LogP contribution in [0, 0.1) is 5.92 Å². The minimum atomic E-state index is 0.154. The number of hydrogen-bond acceptors (Lipinski definition) is 4. The van der Waals surface area contributed by atoms with Crippen molar-refractivity contribution < 1.29 is 4.52 Å². The smallest absolute Gasteiger partial charge is 0.228 e. The molecular weight excluding hydrogens is 294 g/mol. The summed E-state index contributed by atoms with van der Waals surface area (Å²) in [6, 6.07) is 8.00. The molecule has 0 amide bonds. The van der Waals surface area contributed by atoms with Gasteiger partial charge in [-0.05, 0) is 30.9 Å². The average Bonchev–Trinajstić information content (AvgIpc) is 3.10. The van der Waals surface area contributed by atoms with Crippen molar-refractivity contribution in [1.82, 2.24) is 10.1 Å². The highest BCUT2D eigenvalue weighted by Crippen LogP contribution is 2.32. The maximum Gasteiger partial charge on any atom is 0.228 e. The molecule has 18 heavy (non-hydrogen) atoms. The van der Waals surface area contributed by atoms with Gasteiger partial charge in [-0.15, -0.1) is 0 Å². The van der Waals surface area contributed by atoms with Crippen molar-refractivity contribution in [2.75, 3.05) is 0 Å². The Morgan fingerprint density at radius 2 is 2.28 bits per heavy atom. The Bertz CT molecular complexity index is 551. The second-order valence-corrected chi connectivity index (χ2v) is 5.64. The second-order valence-electron chi connectivity index (χ2n) is 4.73. The Morgan fingerprint density at radius 3 is 3.00 bits per heavy atom. The standard InChI is InChI=1S/C13H14BrN3O/c14-10-3-1-2-9(6-10)13-16-12(18-17-13)7-11(15)8-4-5-8/h1-3,6,8,11H,4-5,7,15H2. The normalized spacial score (nSPS) is 16.8. The first-order valence-electron chi connectivity index (χ1n) is 6.06. The third-order valence-corrected chi connectivity index (χ3v) is 3.68. The molecule has 0 spiro atoms. The van der Waals surface area contributed by atoms with E-state index in [1.807, 2.05) is 24.3 Å². The van der Waals surface area contributed by atoms with Crippen LogP contribution >= 0.6 is 15.9 Å². The molecule has 1 fully saturated rings. The molecule has 0 aliphatic heterocycles. The van der Waals surface area contributed by atoms with Gasteiger partial charge in [0.25, 0.3) is 0 Å². The molecule has 1 unspecified atom stereocenters. The van der Waals surface area contributed by atoms with Crippen LogP contribution in [-0.4, -0.2) is 16.2 Å². The summed E-state index contributed by atoms with van der Waals surface area (Å²) in [6.07, 6.45) is 3.13. The fourth-order valence-corrected chi connectivity index (χ4v) is 2.37. The summed E-state index contributed by atoms with van der Waals surface area (Å²) in [4.78, 5) is 4.39. The van der Waals surface area contributed by atoms with E-state index in [-0.39, 0.29) is 6.04 Å². The summed E-state index contributed by atoms with van der Waals surface area (Å²) < 4.78 is 6.25. The summed E-state index contributed by atoms with van der Waals surface area (Å²) >= 11 is 3.43. The van der Waals surface area contributed by atoms with Crippen molar-refractivity contribution in [2.24, 2.45) is 11.7 Å². The molecule has 1 heterocycles. The Morgan fingerprint density at radius 1 is 1.44 bits per heavy atom. The van der Waals surface area contributed by atoms with Gasteiger partial charge in [0.05, 0.1) is 0 Å². The van der Waals surface area contributed by atoms with E-state index in [0.29, 0.717) is 24.1 Å². The lowest BCUT2D eigenvalue weighted by Crippen LogP contribution is -2.25. The molecule has 94 valence electrons. The van der Waals surface area contributed by atoms with Gasteiger partial charge in [0.1, 0.15) is 0 Å². The van der Waals surface area contributed by atoms with Crippen LogP contribution in [0.1, 0.15) is 18.7 Å². The molecule has 1 atom stereocenters. The van der Waals surface area contributed by atoms with E-state index >= 15 is 0 Å². The zero-order valence-electron chi connectivity index (χ0n) is 9.84. The maximum atomic E-state index is 6.05. The van der Waals surface area contributed by atoms with Gasteiger partial charge in [0.15, 0.2) is 0 Å². The lowest BCUT2D eigenvalue weighted by molar-refractivity contribution is 0.364. The molecule has 0 bridgehead atoms. The zero-order valence-corrected chi connectivity index (χ0v) is 11.4. The molecule has 1 aliphatic carbocycles. The van der Waals surface area contributed by atoms with Crippen LogP contribution < -0.4 is 5.73 Å². The van der Waals surface area contributed by atoms with Gasteiger partial charge >= 0.3 is 0 Å². The molecule has 1 aliphatic rings. The van der Waals surface area contributed by atoms with Gasteiger partial charge in [-0.1, -0.05) is 33.2 Å². The van der Waals surface area contributed by atoms with Gasteiger partial charge in [0, 0.05) is 22.5 Å². The third-order valence-electron chi connectivity index (χ3n) is 3.19. The monoisotopic (exact) mass is 307 g/mol. The average molecular weight is 308 g/mol. The minimum absolute atomic E-state index is 0.154. The van der Waals surface area contributed by atoms with Gasteiger partial charge < -0.3 is 10.3 Å². The van der Waals surface area contributed by atoms with E-state index in [2.05, 4.69) is 26.1 Å². The molecule has 4 nitrogen and oxygen atoms in total. The Hall–Kier alpha value is -1.20. The van der Waals surface area contributed by atoms with Crippen LogP contribution in [0.3, 0.4) is 0 Å². The molecular formula is C13H14BrN3O. The highest BCUT2D eigenvalue weighted by molar-refractivity contribution is 9.10. The van der Waals surface area contributed by atoms with E-state index in [1.165, 1.54) is 12.8 Å². The maximum absolute atomic E-state index is 6.05. The lowest BCUT2D eigenvalue weighted by atomic mass is 10.1. The molecule has 1 saturated carbocycles. The minimum Gasteiger partial charge on any atom is -0.339 e. The van der Waals surface area contributed by atoms with Crippen molar-refractivity contribution in [3.8, 4) is 11.4 Å². The van der Waals surface area contributed by atoms with Crippen molar-refractivity contribution in [1.29, 1.82) is 0 Å². The van der Waals surface area contributed by atoms with E-state index in [9.17, 15) is 0 Å². The molecule has 5 heteroatoms. The summed E-state index contributed by atoms with van der Waals surface area (Å²) in [5, 5.41) is 4.00. The molecule has 3 rings (SSSR count). The molecule has 0 saturated heterocycles. The Labute approximate surface area is 114 Å². The van der Waals surface area contributed by atoms with Crippen LogP contribution in [0.5, 0.6) is 0 Å². The Kier molecular flexibility index (Phi) is 3.18. The third kappa shape index (κ3) is 2.62. The summed E-state index contributed by atoms with van der Waals surface area (Å²) in [5.74, 6) is 1.89. The number of halogens is 1. The van der Waals surface area contributed by atoms with Gasteiger partial charge in [-0.3, -0.25) is 0 Å². The number of benzene rings is 1. The number of rotatable bonds is 4. The van der Waals surface area contributed by atoms with Crippen LogP contribution in [0.2, 0.25) is 0 Å². The van der Waals surface area contributed by atoms with E-state index in [4.69, 9.17) is 10.3 Å². The quantitative estimate of drug-likeness (QED) is 0.943. The van der Waals surface area contributed by atoms with Gasteiger partial charge in [-0.25, -0.2) is 0 Å². The molecule has 0 radical (unpaired) electrons. The second kappa shape index (κ2) is 4.82. The SMILES string of the molecule is NC(Cc1nc(-c2cccc(Br)c2)no1)C1CC1. The molecule has 2 aromatic rings. The van der Waals surface area contributed by atoms with E-state index in [1.54, 1.807) is 0 Å². The fourth-order valence-electron chi connectivity index (χ4n) is 1.98. The van der Waals surface area contributed by atoms with Crippen LogP contribution in [0.25, 0.3) is 11.4 Å². The van der Waals surface area contributed by atoms with Crippen LogP contribution in [-0.2, 0) is 6.42 Å². The van der Waals surface area contributed by atoms with Crippen molar-refractivity contribution in [2.45, 2.75) is 25.3 Å². The lowest BCUT2D eigenvalue weighted by Gasteiger charge is -2.04. The van der Waals surface area contributed by atoms with E-state index < -0.39 is 0 Å². The highest BCUT2D eigenvalue weighted by atomic mass is 79.9. The summed E-state index contributed by atoms with van der Waals surface area (Å²) in [5.41, 5.74) is 6.99. The zero-order chi connectivity index (χ0) is 12.5. The molecule has 1 aromatic carbocycles.